The summed E-state index contributed by atoms with van der Waals surface area (Å²) in [4.78, 5) is 13.0. The number of hydrogen-bond acceptors (Lipinski definition) is 3. The van der Waals surface area contributed by atoms with Crippen molar-refractivity contribution in [3.05, 3.63) is 19.2 Å². The first kappa shape index (κ1) is 15.1. The molecule has 0 fully saturated rings. The molecule has 0 aliphatic rings. The van der Waals surface area contributed by atoms with Crippen LogP contribution in [0, 0.1) is 0 Å². The van der Waals surface area contributed by atoms with Crippen LogP contribution in [-0.2, 0) is 0 Å². The summed E-state index contributed by atoms with van der Waals surface area (Å²) in [5, 5.41) is 2.92. The fourth-order valence-corrected chi connectivity index (χ4v) is 3.40. The lowest BCUT2D eigenvalue weighted by Crippen LogP contribution is -2.36. The van der Waals surface area contributed by atoms with Crippen molar-refractivity contribution >= 4 is 66.3 Å². The highest BCUT2D eigenvalue weighted by Crippen LogP contribution is 2.32. The van der Waals surface area contributed by atoms with Gasteiger partial charge >= 0.3 is 0 Å². The van der Waals surface area contributed by atoms with Crippen molar-refractivity contribution in [3.63, 3.8) is 0 Å². The van der Waals surface area contributed by atoms with Crippen LogP contribution in [-0.4, -0.2) is 16.9 Å². The number of thiocarbonyl (C=S) groups is 1. The van der Waals surface area contributed by atoms with E-state index in [1.54, 1.807) is 6.07 Å². The van der Waals surface area contributed by atoms with E-state index in [9.17, 15) is 4.79 Å². The van der Waals surface area contributed by atoms with Crippen molar-refractivity contribution in [2.75, 3.05) is 0 Å². The molecule has 0 bridgehead atoms. The van der Waals surface area contributed by atoms with Crippen LogP contribution in [0.25, 0.3) is 0 Å². The first-order valence-electron chi connectivity index (χ1n) is 4.98. The molecule has 0 spiro atoms. The summed E-state index contributed by atoms with van der Waals surface area (Å²) in [5.74, 6) is -0.0931. The highest BCUT2D eigenvalue weighted by Gasteiger charge is 2.16. The van der Waals surface area contributed by atoms with E-state index < -0.39 is 0 Å². The monoisotopic (exact) mass is 398 g/mol. The van der Waals surface area contributed by atoms with E-state index in [0.717, 1.165) is 14.7 Å². The minimum absolute atomic E-state index is 0.000323. The van der Waals surface area contributed by atoms with E-state index in [4.69, 9.17) is 18.0 Å². The number of carbonyl (C=O) groups excluding carboxylic acids is 1. The molecule has 1 heterocycles. The summed E-state index contributed by atoms with van der Waals surface area (Å²) >= 11 is 12.9. The molecule has 1 aromatic heterocycles. The third-order valence-corrected chi connectivity index (χ3v) is 5.57. The van der Waals surface area contributed by atoms with Gasteiger partial charge in [0.15, 0.2) is 0 Å². The van der Waals surface area contributed by atoms with Gasteiger partial charge in [0.2, 0.25) is 0 Å². The molecule has 17 heavy (non-hydrogen) atoms. The van der Waals surface area contributed by atoms with Gasteiger partial charge in [0.05, 0.1) is 13.7 Å². The van der Waals surface area contributed by atoms with Crippen LogP contribution >= 0.6 is 55.4 Å². The van der Waals surface area contributed by atoms with Crippen molar-refractivity contribution in [3.8, 4) is 0 Å². The van der Waals surface area contributed by atoms with Crippen molar-refractivity contribution in [2.24, 2.45) is 5.73 Å². The van der Waals surface area contributed by atoms with Crippen LogP contribution in [0.4, 0.5) is 0 Å². The first-order chi connectivity index (χ1) is 7.93. The Hall–Kier alpha value is 0.0200. The normalized spacial score (nSPS) is 12.2. The fraction of sp³-hybridized carbons (Fsp3) is 0.400. The largest absolute Gasteiger partial charge is 0.393 e. The molecular weight excluding hydrogens is 388 g/mol. The Morgan fingerprint density at radius 1 is 1.65 bits per heavy atom. The third-order valence-electron chi connectivity index (χ3n) is 2.14. The van der Waals surface area contributed by atoms with Gasteiger partial charge in [-0.1, -0.05) is 19.1 Å². The van der Waals surface area contributed by atoms with Gasteiger partial charge in [-0.25, -0.2) is 0 Å². The number of halogens is 2. The second-order valence-corrected chi connectivity index (χ2v) is 7.23. The predicted octanol–water partition coefficient (Wildman–Crippen LogP) is 3.46. The van der Waals surface area contributed by atoms with Gasteiger partial charge in [-0.2, -0.15) is 0 Å². The lowest BCUT2D eigenvalue weighted by molar-refractivity contribution is 0.0941. The molecule has 1 aromatic rings. The lowest BCUT2D eigenvalue weighted by Gasteiger charge is -2.15. The van der Waals surface area contributed by atoms with Gasteiger partial charge in [-0.05, 0) is 44.3 Å². The average molecular weight is 400 g/mol. The maximum Gasteiger partial charge on any atom is 0.261 e. The van der Waals surface area contributed by atoms with Crippen molar-refractivity contribution in [1.82, 2.24) is 5.32 Å². The second kappa shape index (κ2) is 6.82. The second-order valence-electron chi connectivity index (χ2n) is 3.48. The summed E-state index contributed by atoms with van der Waals surface area (Å²) in [7, 11) is 0. The molecule has 0 aliphatic heterocycles. The molecule has 1 amide bonds. The summed E-state index contributed by atoms with van der Waals surface area (Å²) in [6.07, 6.45) is 1.34. The van der Waals surface area contributed by atoms with E-state index in [1.165, 1.54) is 11.3 Å². The zero-order valence-corrected chi connectivity index (χ0v) is 13.9. The Morgan fingerprint density at radius 3 is 2.71 bits per heavy atom. The Bertz CT molecular complexity index is 414. The Labute approximate surface area is 126 Å². The van der Waals surface area contributed by atoms with Crippen LogP contribution in [0.1, 0.15) is 29.4 Å². The number of nitrogens with two attached hydrogens (primary N) is 1. The van der Waals surface area contributed by atoms with E-state index in [0.29, 0.717) is 16.3 Å². The molecule has 7 heteroatoms. The van der Waals surface area contributed by atoms with Crippen LogP contribution in [0.15, 0.2) is 14.3 Å². The smallest absolute Gasteiger partial charge is 0.261 e. The van der Waals surface area contributed by atoms with Crippen molar-refractivity contribution < 1.29 is 4.79 Å². The topological polar surface area (TPSA) is 55.1 Å². The molecule has 0 saturated carbocycles. The highest BCUT2D eigenvalue weighted by atomic mass is 79.9. The van der Waals surface area contributed by atoms with Crippen LogP contribution in [0.2, 0.25) is 0 Å². The SMILES string of the molecule is CCC(CC(N)=S)NC(=O)c1cc(Br)c(Br)s1. The quantitative estimate of drug-likeness (QED) is 0.745. The lowest BCUT2D eigenvalue weighted by atomic mass is 10.1. The molecule has 0 aromatic carbocycles. The zero-order chi connectivity index (χ0) is 13.0. The molecule has 1 unspecified atom stereocenters. The molecule has 94 valence electrons. The molecule has 0 radical (unpaired) electrons. The number of nitrogens with one attached hydrogen (secondary N) is 1. The van der Waals surface area contributed by atoms with Gasteiger partial charge in [0, 0.05) is 16.9 Å². The van der Waals surface area contributed by atoms with Crippen LogP contribution in [0.3, 0.4) is 0 Å². The Morgan fingerprint density at radius 2 is 2.29 bits per heavy atom. The molecular formula is C10H12Br2N2OS2. The number of rotatable bonds is 5. The highest BCUT2D eigenvalue weighted by molar-refractivity contribution is 9.13. The van der Waals surface area contributed by atoms with E-state index in [1.807, 2.05) is 6.92 Å². The molecule has 0 saturated heterocycles. The standard InChI is InChI=1S/C10H12Br2N2OS2/c1-2-5(3-8(13)16)14-10(15)7-4-6(11)9(12)17-7/h4-5H,2-3H2,1H3,(H2,13,16)(H,14,15). The molecule has 0 aliphatic carbocycles. The average Bonchev–Trinajstić information content (AvgIpc) is 2.57. The first-order valence-corrected chi connectivity index (χ1v) is 7.79. The van der Waals surface area contributed by atoms with Crippen LogP contribution in [0.5, 0.6) is 0 Å². The third kappa shape index (κ3) is 4.65. The van der Waals surface area contributed by atoms with Gasteiger partial charge in [-0.3, -0.25) is 4.79 Å². The minimum atomic E-state index is -0.0931. The van der Waals surface area contributed by atoms with Gasteiger partial charge in [0.1, 0.15) is 0 Å². The molecule has 1 rings (SSSR count). The Balaban J connectivity index is 2.67. The van der Waals surface area contributed by atoms with Crippen molar-refractivity contribution in [1.29, 1.82) is 0 Å². The fourth-order valence-electron chi connectivity index (χ4n) is 1.26. The summed E-state index contributed by atoms with van der Waals surface area (Å²) in [6.45, 7) is 1.99. The van der Waals surface area contributed by atoms with Gasteiger partial charge in [0.25, 0.3) is 5.91 Å². The van der Waals surface area contributed by atoms with Gasteiger partial charge < -0.3 is 11.1 Å². The Kier molecular flexibility index (Phi) is 6.05. The number of carbonyl (C=O) groups is 1. The van der Waals surface area contributed by atoms with E-state index in [-0.39, 0.29) is 11.9 Å². The maximum atomic E-state index is 11.9. The van der Waals surface area contributed by atoms with Crippen LogP contribution < -0.4 is 11.1 Å². The van der Waals surface area contributed by atoms with E-state index >= 15 is 0 Å². The zero-order valence-electron chi connectivity index (χ0n) is 9.13. The number of amides is 1. The predicted molar refractivity (Wildman–Crippen MR) is 82.7 cm³/mol. The molecule has 3 nitrogen and oxygen atoms in total. The van der Waals surface area contributed by atoms with E-state index in [2.05, 4.69) is 37.2 Å². The summed E-state index contributed by atoms with van der Waals surface area (Å²) in [6, 6.07) is 1.79. The summed E-state index contributed by atoms with van der Waals surface area (Å²) < 4.78 is 1.79. The number of hydrogen-bond donors (Lipinski definition) is 2. The maximum absolute atomic E-state index is 11.9. The minimum Gasteiger partial charge on any atom is -0.393 e. The molecule has 1 atom stereocenters. The summed E-state index contributed by atoms with van der Waals surface area (Å²) in [5.41, 5.74) is 5.48. The number of thiophene rings is 1. The van der Waals surface area contributed by atoms with Gasteiger partial charge in [-0.15, -0.1) is 11.3 Å². The van der Waals surface area contributed by atoms with Crippen molar-refractivity contribution in [2.45, 2.75) is 25.8 Å². The molecule has 3 N–H and O–H groups in total.